The van der Waals surface area contributed by atoms with Crippen molar-refractivity contribution in [2.24, 2.45) is 0 Å². The number of methoxy groups -OCH3 is 1. The minimum Gasteiger partial charge on any atom is -0.496 e. The van der Waals surface area contributed by atoms with Crippen molar-refractivity contribution in [3.8, 4) is 5.75 Å². The van der Waals surface area contributed by atoms with Crippen molar-refractivity contribution in [1.29, 1.82) is 0 Å². The number of aromatic nitrogens is 2. The molecule has 5 heteroatoms. The summed E-state index contributed by atoms with van der Waals surface area (Å²) in [5.41, 5.74) is 1.92. The number of nitrogens with zero attached hydrogens (tertiary/aromatic N) is 2. The monoisotopic (exact) mass is 306 g/mol. The van der Waals surface area contributed by atoms with Crippen LogP contribution in [-0.4, -0.2) is 16.7 Å². The van der Waals surface area contributed by atoms with E-state index in [9.17, 15) is 4.79 Å². The van der Waals surface area contributed by atoms with Gasteiger partial charge in [-0.25, -0.2) is 4.98 Å². The van der Waals surface area contributed by atoms with Gasteiger partial charge in [0.2, 0.25) is 0 Å². The molecular formula is C16H19ClN2O2. The van der Waals surface area contributed by atoms with Crippen LogP contribution in [0.25, 0.3) is 0 Å². The van der Waals surface area contributed by atoms with Crippen LogP contribution in [0.4, 0.5) is 0 Å². The average Bonchev–Trinajstić information content (AvgIpc) is 2.41. The van der Waals surface area contributed by atoms with Gasteiger partial charge in [-0.05, 0) is 13.0 Å². The van der Waals surface area contributed by atoms with Crippen molar-refractivity contribution in [2.45, 2.75) is 33.2 Å². The van der Waals surface area contributed by atoms with Crippen molar-refractivity contribution in [2.75, 3.05) is 7.11 Å². The summed E-state index contributed by atoms with van der Waals surface area (Å²) in [4.78, 5) is 16.5. The van der Waals surface area contributed by atoms with Gasteiger partial charge in [0.1, 0.15) is 16.7 Å². The average molecular weight is 307 g/mol. The Morgan fingerprint density at radius 1 is 1.33 bits per heavy atom. The van der Waals surface area contributed by atoms with Crippen LogP contribution in [0.5, 0.6) is 5.75 Å². The normalized spacial score (nSPS) is 11.0. The summed E-state index contributed by atoms with van der Waals surface area (Å²) in [5.74, 6) is 1.54. The standard InChI is InChI=1S/C16H19ClN2O2/c1-10(2)16-18-14(17)8-15(20)19(16)9-12-7-11(3)5-6-13(12)21-4/h5-8,10H,9H2,1-4H3. The molecule has 0 aliphatic carbocycles. The lowest BCUT2D eigenvalue weighted by Gasteiger charge is -2.16. The fourth-order valence-electron chi connectivity index (χ4n) is 2.30. The highest BCUT2D eigenvalue weighted by Crippen LogP contribution is 2.22. The van der Waals surface area contributed by atoms with Crippen molar-refractivity contribution in [3.05, 3.63) is 56.7 Å². The second kappa shape index (κ2) is 6.31. The maximum Gasteiger partial charge on any atom is 0.255 e. The fourth-order valence-corrected chi connectivity index (χ4v) is 2.48. The Hall–Kier alpha value is -1.81. The summed E-state index contributed by atoms with van der Waals surface area (Å²) in [5, 5.41) is 0.233. The van der Waals surface area contributed by atoms with Crippen LogP contribution < -0.4 is 10.3 Å². The highest BCUT2D eigenvalue weighted by atomic mass is 35.5. The highest BCUT2D eigenvalue weighted by Gasteiger charge is 2.14. The van der Waals surface area contributed by atoms with Gasteiger partial charge >= 0.3 is 0 Å². The van der Waals surface area contributed by atoms with Crippen molar-refractivity contribution < 1.29 is 4.74 Å². The summed E-state index contributed by atoms with van der Waals surface area (Å²) >= 11 is 5.90. The van der Waals surface area contributed by atoms with E-state index in [1.165, 1.54) is 6.07 Å². The first kappa shape index (κ1) is 15.6. The van der Waals surface area contributed by atoms with Crippen LogP contribution in [0.1, 0.15) is 36.7 Å². The Balaban J connectivity index is 2.54. The number of benzene rings is 1. The Morgan fingerprint density at radius 2 is 2.05 bits per heavy atom. The number of hydrogen-bond donors (Lipinski definition) is 0. The van der Waals surface area contributed by atoms with Gasteiger partial charge in [0.15, 0.2) is 0 Å². The predicted molar refractivity (Wildman–Crippen MR) is 84.4 cm³/mol. The van der Waals surface area contributed by atoms with Gasteiger partial charge in [-0.1, -0.05) is 43.1 Å². The van der Waals surface area contributed by atoms with Gasteiger partial charge in [-0.2, -0.15) is 0 Å². The molecule has 2 aromatic rings. The molecule has 0 saturated carbocycles. The first-order chi connectivity index (χ1) is 9.92. The zero-order chi connectivity index (χ0) is 15.6. The van der Waals surface area contributed by atoms with Crippen LogP contribution in [-0.2, 0) is 6.54 Å². The lowest BCUT2D eigenvalue weighted by Crippen LogP contribution is -2.26. The molecule has 2 rings (SSSR count). The van der Waals surface area contributed by atoms with E-state index in [2.05, 4.69) is 4.98 Å². The molecule has 21 heavy (non-hydrogen) atoms. The molecule has 0 fully saturated rings. The molecule has 0 N–H and O–H groups in total. The van der Waals surface area contributed by atoms with E-state index < -0.39 is 0 Å². The maximum atomic E-state index is 12.3. The molecule has 0 radical (unpaired) electrons. The molecule has 0 spiro atoms. The molecule has 1 heterocycles. The molecule has 0 bridgehead atoms. The molecule has 0 amide bonds. The molecule has 0 atom stereocenters. The van der Waals surface area contributed by atoms with Crippen LogP contribution >= 0.6 is 11.6 Å². The van der Waals surface area contributed by atoms with E-state index in [0.717, 1.165) is 16.9 Å². The molecule has 1 aromatic carbocycles. The Morgan fingerprint density at radius 3 is 2.67 bits per heavy atom. The number of rotatable bonds is 4. The molecule has 0 unspecified atom stereocenters. The van der Waals surface area contributed by atoms with Gasteiger partial charge in [0, 0.05) is 17.5 Å². The smallest absolute Gasteiger partial charge is 0.255 e. The van der Waals surface area contributed by atoms with Crippen LogP contribution in [0.15, 0.2) is 29.1 Å². The van der Waals surface area contributed by atoms with E-state index in [1.807, 2.05) is 39.0 Å². The largest absolute Gasteiger partial charge is 0.496 e. The molecule has 0 saturated heterocycles. The zero-order valence-corrected chi connectivity index (χ0v) is 13.4. The summed E-state index contributed by atoms with van der Waals surface area (Å²) < 4.78 is 7.02. The van der Waals surface area contributed by atoms with Gasteiger partial charge < -0.3 is 4.74 Å². The van der Waals surface area contributed by atoms with Gasteiger partial charge in [0.05, 0.1) is 13.7 Å². The first-order valence-electron chi connectivity index (χ1n) is 6.83. The third-order valence-electron chi connectivity index (χ3n) is 3.29. The quantitative estimate of drug-likeness (QED) is 0.813. The minimum absolute atomic E-state index is 0.104. The van der Waals surface area contributed by atoms with E-state index in [0.29, 0.717) is 12.4 Å². The number of hydrogen-bond acceptors (Lipinski definition) is 3. The second-order valence-electron chi connectivity index (χ2n) is 5.33. The van der Waals surface area contributed by atoms with Crippen molar-refractivity contribution in [3.63, 3.8) is 0 Å². The minimum atomic E-state index is -0.151. The van der Waals surface area contributed by atoms with E-state index in [4.69, 9.17) is 16.3 Å². The Kier molecular flexibility index (Phi) is 4.68. The Labute approximate surface area is 129 Å². The third-order valence-corrected chi connectivity index (χ3v) is 3.48. The number of aryl methyl sites for hydroxylation is 1. The SMILES string of the molecule is COc1ccc(C)cc1Cn1c(C(C)C)nc(Cl)cc1=O. The van der Waals surface area contributed by atoms with Crippen LogP contribution in [0, 0.1) is 6.92 Å². The maximum absolute atomic E-state index is 12.3. The molecular weight excluding hydrogens is 288 g/mol. The van der Waals surface area contributed by atoms with Crippen molar-refractivity contribution in [1.82, 2.24) is 9.55 Å². The highest BCUT2D eigenvalue weighted by molar-refractivity contribution is 6.29. The van der Waals surface area contributed by atoms with Crippen molar-refractivity contribution >= 4 is 11.6 Å². The zero-order valence-electron chi connectivity index (χ0n) is 12.7. The topological polar surface area (TPSA) is 44.1 Å². The van der Waals surface area contributed by atoms with Crippen LogP contribution in [0.2, 0.25) is 5.15 Å². The summed E-state index contributed by atoms with van der Waals surface area (Å²) in [6.07, 6.45) is 0. The summed E-state index contributed by atoms with van der Waals surface area (Å²) in [7, 11) is 1.63. The van der Waals surface area contributed by atoms with E-state index in [1.54, 1.807) is 11.7 Å². The second-order valence-corrected chi connectivity index (χ2v) is 5.72. The lowest BCUT2D eigenvalue weighted by molar-refractivity contribution is 0.407. The van der Waals surface area contributed by atoms with Gasteiger partial charge in [-0.15, -0.1) is 0 Å². The van der Waals surface area contributed by atoms with E-state index in [-0.39, 0.29) is 16.6 Å². The summed E-state index contributed by atoms with van der Waals surface area (Å²) in [6, 6.07) is 7.25. The lowest BCUT2D eigenvalue weighted by atomic mass is 10.1. The van der Waals surface area contributed by atoms with Crippen LogP contribution in [0.3, 0.4) is 0 Å². The summed E-state index contributed by atoms with van der Waals surface area (Å²) in [6.45, 7) is 6.40. The van der Waals surface area contributed by atoms with Gasteiger partial charge in [-0.3, -0.25) is 9.36 Å². The molecule has 112 valence electrons. The number of halogens is 1. The molecule has 0 aliphatic rings. The van der Waals surface area contributed by atoms with E-state index >= 15 is 0 Å². The number of ether oxygens (including phenoxy) is 1. The predicted octanol–water partition coefficient (Wildman–Crippen LogP) is 3.39. The first-order valence-corrected chi connectivity index (χ1v) is 7.21. The molecule has 1 aromatic heterocycles. The third kappa shape index (κ3) is 3.45. The molecule has 4 nitrogen and oxygen atoms in total. The fraction of sp³-hybridized carbons (Fsp3) is 0.375. The molecule has 0 aliphatic heterocycles. The Bertz CT molecular complexity index is 708. The van der Waals surface area contributed by atoms with Gasteiger partial charge in [0.25, 0.3) is 5.56 Å².